The van der Waals surface area contributed by atoms with Crippen molar-refractivity contribution in [2.24, 2.45) is 0 Å². The summed E-state index contributed by atoms with van der Waals surface area (Å²) in [7, 11) is 1.54. The summed E-state index contributed by atoms with van der Waals surface area (Å²) < 4.78 is 47.8. The van der Waals surface area contributed by atoms with Gasteiger partial charge in [0, 0.05) is 5.56 Å². The molecule has 2 atom stereocenters. The van der Waals surface area contributed by atoms with Crippen LogP contribution in [0, 0.1) is 6.92 Å². The van der Waals surface area contributed by atoms with Gasteiger partial charge in [-0.2, -0.15) is 13.2 Å². The quantitative estimate of drug-likeness (QED) is 0.834. The average Bonchev–Trinajstić information content (AvgIpc) is 2.42. The number of methoxy groups -OCH3 is 1. The van der Waals surface area contributed by atoms with E-state index < -0.39 is 12.3 Å². The lowest BCUT2D eigenvalue weighted by atomic mass is 10.0. The smallest absolute Gasteiger partial charge is 0.414 e. The highest BCUT2D eigenvalue weighted by atomic mass is 19.4. The summed E-state index contributed by atoms with van der Waals surface area (Å²) >= 11 is 0. The zero-order chi connectivity index (χ0) is 16.0. The van der Waals surface area contributed by atoms with Gasteiger partial charge < -0.3 is 14.8 Å². The Balaban J connectivity index is 2.89. The van der Waals surface area contributed by atoms with Crippen LogP contribution in [0.2, 0.25) is 0 Å². The van der Waals surface area contributed by atoms with Crippen LogP contribution in [0.25, 0.3) is 0 Å². The van der Waals surface area contributed by atoms with Gasteiger partial charge in [0.25, 0.3) is 0 Å². The van der Waals surface area contributed by atoms with Gasteiger partial charge in [0.05, 0.1) is 19.8 Å². The van der Waals surface area contributed by atoms with E-state index >= 15 is 0 Å². The fourth-order valence-corrected chi connectivity index (χ4v) is 1.97. The lowest BCUT2D eigenvalue weighted by Crippen LogP contribution is -2.33. The third kappa shape index (κ3) is 5.21. The molecule has 0 aliphatic rings. The van der Waals surface area contributed by atoms with Gasteiger partial charge in [-0.1, -0.05) is 24.6 Å². The molecule has 1 N–H and O–H groups in total. The number of benzene rings is 1. The zero-order valence-electron chi connectivity index (χ0n) is 12.8. The van der Waals surface area contributed by atoms with Crippen molar-refractivity contribution in [3.63, 3.8) is 0 Å². The summed E-state index contributed by atoms with van der Waals surface area (Å²) in [4.78, 5) is 0. The van der Waals surface area contributed by atoms with Crippen LogP contribution in [0.15, 0.2) is 18.2 Å². The number of nitrogens with one attached hydrogen (secondary N) is 1. The summed E-state index contributed by atoms with van der Waals surface area (Å²) in [5.41, 5.74) is 1.81. The van der Waals surface area contributed by atoms with Crippen LogP contribution in [0.5, 0.6) is 5.75 Å². The summed E-state index contributed by atoms with van der Waals surface area (Å²) in [6.07, 6.45) is -6.15. The van der Waals surface area contributed by atoms with Gasteiger partial charge in [-0.3, -0.25) is 0 Å². The van der Waals surface area contributed by atoms with Crippen molar-refractivity contribution < 1.29 is 22.6 Å². The molecular weight excluding hydrogens is 283 g/mol. The van der Waals surface area contributed by atoms with Crippen LogP contribution in [-0.4, -0.2) is 32.5 Å². The minimum Gasteiger partial charge on any atom is -0.496 e. The monoisotopic (exact) mass is 305 g/mol. The van der Waals surface area contributed by atoms with Gasteiger partial charge in [-0.05, 0) is 26.5 Å². The molecule has 0 heterocycles. The topological polar surface area (TPSA) is 30.5 Å². The second-order valence-corrected chi connectivity index (χ2v) is 4.87. The molecular formula is C15H22F3NO2. The molecule has 0 bridgehead atoms. The molecule has 1 aromatic carbocycles. The molecule has 0 radical (unpaired) electrons. The predicted octanol–water partition coefficient (Wildman–Crippen LogP) is 3.62. The molecule has 0 fully saturated rings. The molecule has 1 aromatic rings. The maximum absolute atomic E-state index is 12.5. The Bertz CT molecular complexity index is 449. The van der Waals surface area contributed by atoms with Crippen molar-refractivity contribution in [3.05, 3.63) is 29.3 Å². The Morgan fingerprint density at radius 1 is 1.29 bits per heavy atom. The van der Waals surface area contributed by atoms with E-state index in [1.165, 1.54) is 7.11 Å². The van der Waals surface area contributed by atoms with E-state index in [1.54, 1.807) is 0 Å². The van der Waals surface area contributed by atoms with Crippen LogP contribution < -0.4 is 10.1 Å². The van der Waals surface area contributed by atoms with Gasteiger partial charge in [0.15, 0.2) is 6.10 Å². The highest BCUT2D eigenvalue weighted by Gasteiger charge is 2.37. The predicted molar refractivity (Wildman–Crippen MR) is 75.6 cm³/mol. The number of hydrogen-bond donors (Lipinski definition) is 1. The third-order valence-electron chi connectivity index (χ3n) is 3.18. The minimum absolute atomic E-state index is 0.0751. The highest BCUT2D eigenvalue weighted by molar-refractivity contribution is 5.39. The summed E-state index contributed by atoms with van der Waals surface area (Å²) in [5.74, 6) is 0.634. The number of rotatable bonds is 7. The number of likely N-dealkylation sites (N-methyl/N-ethyl adjacent to an activating group) is 1. The Morgan fingerprint density at radius 3 is 2.48 bits per heavy atom. The molecule has 0 spiro atoms. The second kappa shape index (κ2) is 7.66. The van der Waals surface area contributed by atoms with Crippen molar-refractivity contribution in [2.75, 3.05) is 20.3 Å². The molecule has 0 aliphatic heterocycles. The third-order valence-corrected chi connectivity index (χ3v) is 3.18. The molecule has 0 aliphatic carbocycles. The number of halogens is 3. The number of alkyl halides is 3. The largest absolute Gasteiger partial charge is 0.496 e. The van der Waals surface area contributed by atoms with Crippen LogP contribution in [0.3, 0.4) is 0 Å². The zero-order valence-corrected chi connectivity index (χ0v) is 12.8. The molecule has 2 unspecified atom stereocenters. The van der Waals surface area contributed by atoms with Crippen molar-refractivity contribution >= 4 is 0 Å². The normalized spacial score (nSPS) is 14.8. The maximum Gasteiger partial charge on any atom is 0.414 e. The SMILES string of the molecule is CCNC(COC(C)C(F)(F)F)c1cc(C)ccc1OC. The Labute approximate surface area is 123 Å². The molecule has 6 heteroatoms. The summed E-state index contributed by atoms with van der Waals surface area (Å²) in [6, 6.07) is 5.25. The van der Waals surface area contributed by atoms with E-state index in [9.17, 15) is 13.2 Å². The lowest BCUT2D eigenvalue weighted by Gasteiger charge is -2.24. The van der Waals surface area contributed by atoms with Crippen molar-refractivity contribution in [3.8, 4) is 5.75 Å². The Hall–Kier alpha value is -1.27. The lowest BCUT2D eigenvalue weighted by molar-refractivity contribution is -0.215. The van der Waals surface area contributed by atoms with Gasteiger partial charge in [-0.25, -0.2) is 0 Å². The molecule has 120 valence electrons. The van der Waals surface area contributed by atoms with Gasteiger partial charge in [-0.15, -0.1) is 0 Å². The van der Waals surface area contributed by atoms with Crippen molar-refractivity contribution in [1.82, 2.24) is 5.32 Å². The molecule has 21 heavy (non-hydrogen) atoms. The summed E-state index contributed by atoms with van der Waals surface area (Å²) in [5, 5.41) is 3.14. The second-order valence-electron chi connectivity index (χ2n) is 4.87. The van der Waals surface area contributed by atoms with E-state index in [-0.39, 0.29) is 12.6 Å². The fraction of sp³-hybridized carbons (Fsp3) is 0.600. The van der Waals surface area contributed by atoms with Gasteiger partial charge in [0.1, 0.15) is 5.75 Å². The van der Waals surface area contributed by atoms with E-state index in [0.717, 1.165) is 18.1 Å². The molecule has 1 rings (SSSR count). The number of ether oxygens (including phenoxy) is 2. The number of hydrogen-bond acceptors (Lipinski definition) is 3. The van der Waals surface area contributed by atoms with Gasteiger partial charge >= 0.3 is 6.18 Å². The molecule has 0 saturated heterocycles. The van der Waals surface area contributed by atoms with E-state index in [2.05, 4.69) is 5.32 Å². The van der Waals surface area contributed by atoms with E-state index in [1.807, 2.05) is 32.0 Å². The minimum atomic E-state index is -4.35. The van der Waals surface area contributed by atoms with Crippen LogP contribution in [0.1, 0.15) is 31.0 Å². The highest BCUT2D eigenvalue weighted by Crippen LogP contribution is 2.28. The van der Waals surface area contributed by atoms with E-state index in [4.69, 9.17) is 9.47 Å². The Kier molecular flexibility index (Phi) is 6.48. The summed E-state index contributed by atoms with van der Waals surface area (Å²) in [6.45, 7) is 5.37. The first-order valence-electron chi connectivity index (χ1n) is 6.85. The first-order chi connectivity index (χ1) is 9.79. The fourth-order valence-electron chi connectivity index (χ4n) is 1.97. The first kappa shape index (κ1) is 17.8. The molecule has 0 amide bonds. The number of aryl methyl sites for hydroxylation is 1. The van der Waals surface area contributed by atoms with Crippen molar-refractivity contribution in [1.29, 1.82) is 0 Å². The van der Waals surface area contributed by atoms with Crippen LogP contribution in [-0.2, 0) is 4.74 Å². The molecule has 0 aromatic heterocycles. The standard InChI is InChI=1S/C15H22F3NO2/c1-5-19-13(9-21-11(3)15(16,17)18)12-8-10(2)6-7-14(12)20-4/h6-8,11,13,19H,5,9H2,1-4H3. The maximum atomic E-state index is 12.5. The molecule has 3 nitrogen and oxygen atoms in total. The first-order valence-corrected chi connectivity index (χ1v) is 6.85. The van der Waals surface area contributed by atoms with Crippen molar-refractivity contribution in [2.45, 2.75) is 39.1 Å². The average molecular weight is 305 g/mol. The van der Waals surface area contributed by atoms with Gasteiger partial charge in [0.2, 0.25) is 0 Å². The van der Waals surface area contributed by atoms with Crippen LogP contribution in [0.4, 0.5) is 13.2 Å². The Morgan fingerprint density at radius 2 is 1.95 bits per heavy atom. The van der Waals surface area contributed by atoms with Crippen LogP contribution >= 0.6 is 0 Å². The van der Waals surface area contributed by atoms with E-state index in [0.29, 0.717) is 12.3 Å². The molecule has 0 saturated carbocycles.